The summed E-state index contributed by atoms with van der Waals surface area (Å²) < 4.78 is 0. The highest BCUT2D eigenvalue weighted by Crippen LogP contribution is 2.47. The summed E-state index contributed by atoms with van der Waals surface area (Å²) in [6.07, 6.45) is 0.986. The zero-order chi connectivity index (χ0) is 32.6. The first-order valence-electron chi connectivity index (χ1n) is 17.1. The topological polar surface area (TPSA) is 3.24 Å². The number of hydrogen-bond donors (Lipinski definition) is 0. The van der Waals surface area contributed by atoms with Crippen LogP contribution in [-0.4, -0.2) is 0 Å². The lowest BCUT2D eigenvalue weighted by Crippen LogP contribution is -2.15. The molecule has 1 unspecified atom stereocenters. The van der Waals surface area contributed by atoms with E-state index in [0.29, 0.717) is 5.92 Å². The maximum absolute atomic E-state index is 2.43. The van der Waals surface area contributed by atoms with E-state index >= 15 is 0 Å². The summed E-state index contributed by atoms with van der Waals surface area (Å²) in [6, 6.07) is 70.9. The van der Waals surface area contributed by atoms with Crippen molar-refractivity contribution in [2.75, 3.05) is 4.90 Å². The lowest BCUT2D eigenvalue weighted by Gasteiger charge is -2.32. The fourth-order valence-corrected chi connectivity index (χ4v) is 7.58. The van der Waals surface area contributed by atoms with Crippen molar-refractivity contribution in [1.82, 2.24) is 0 Å². The Morgan fingerprint density at radius 2 is 0.918 bits per heavy atom. The molecule has 0 saturated carbocycles. The molecule has 8 aromatic rings. The number of nitrogens with zero attached hydrogens (tertiary/aromatic N) is 1. The molecule has 1 heteroatoms. The number of fused-ring (bicyclic) bond motifs is 4. The van der Waals surface area contributed by atoms with Crippen LogP contribution in [0.1, 0.15) is 22.6 Å². The first kappa shape index (κ1) is 29.0. The summed E-state index contributed by atoms with van der Waals surface area (Å²) in [5, 5.41) is 2.57. The molecular weight excluding hydrogens is 591 g/mol. The molecule has 0 aromatic heterocycles. The van der Waals surface area contributed by atoms with Crippen LogP contribution >= 0.6 is 0 Å². The van der Waals surface area contributed by atoms with Crippen LogP contribution in [0, 0.1) is 0 Å². The molecule has 0 spiro atoms. The normalized spacial score (nSPS) is 13.4. The molecule has 49 heavy (non-hydrogen) atoms. The van der Waals surface area contributed by atoms with Crippen LogP contribution in [0.5, 0.6) is 0 Å². The van der Waals surface area contributed by atoms with Crippen molar-refractivity contribution in [2.24, 2.45) is 0 Å². The summed E-state index contributed by atoms with van der Waals surface area (Å²) in [7, 11) is 0. The van der Waals surface area contributed by atoms with E-state index in [1.54, 1.807) is 0 Å². The van der Waals surface area contributed by atoms with Gasteiger partial charge in [-0.05, 0) is 110 Å². The van der Waals surface area contributed by atoms with E-state index in [2.05, 4.69) is 199 Å². The fourth-order valence-electron chi connectivity index (χ4n) is 7.58. The summed E-state index contributed by atoms with van der Waals surface area (Å²) in [6.45, 7) is 0. The van der Waals surface area contributed by atoms with Gasteiger partial charge in [-0.2, -0.15) is 0 Å². The second-order valence-corrected chi connectivity index (χ2v) is 13.0. The molecular formula is C48H35N. The summed E-state index contributed by atoms with van der Waals surface area (Å²) >= 11 is 0. The first-order chi connectivity index (χ1) is 24.3. The number of rotatable bonds is 6. The lowest BCUT2D eigenvalue weighted by atomic mass is 9.75. The van der Waals surface area contributed by atoms with Gasteiger partial charge in [0.05, 0.1) is 0 Å². The Labute approximate surface area is 288 Å². The third kappa shape index (κ3) is 5.50. The second-order valence-electron chi connectivity index (χ2n) is 13.0. The van der Waals surface area contributed by atoms with Crippen molar-refractivity contribution in [3.8, 4) is 33.4 Å². The molecule has 0 radical (unpaired) electrons. The Bertz CT molecular complexity index is 2390. The quantitative estimate of drug-likeness (QED) is 0.178. The molecule has 0 heterocycles. The average molecular weight is 626 g/mol. The zero-order valence-electron chi connectivity index (χ0n) is 27.2. The Balaban J connectivity index is 1.23. The van der Waals surface area contributed by atoms with Crippen molar-refractivity contribution in [1.29, 1.82) is 0 Å². The minimum absolute atomic E-state index is 0.291. The average Bonchev–Trinajstić information content (AvgIpc) is 3.18. The largest absolute Gasteiger partial charge is 0.310 e. The van der Waals surface area contributed by atoms with Gasteiger partial charge in [0.1, 0.15) is 0 Å². The third-order valence-corrected chi connectivity index (χ3v) is 10.0. The molecule has 0 N–H and O–H groups in total. The van der Waals surface area contributed by atoms with Crippen LogP contribution in [0.4, 0.5) is 17.1 Å². The first-order valence-corrected chi connectivity index (χ1v) is 17.1. The van der Waals surface area contributed by atoms with Crippen molar-refractivity contribution < 1.29 is 0 Å². The highest BCUT2D eigenvalue weighted by atomic mass is 15.1. The van der Waals surface area contributed by atoms with Gasteiger partial charge in [0.2, 0.25) is 0 Å². The van der Waals surface area contributed by atoms with E-state index in [1.165, 1.54) is 60.8 Å². The van der Waals surface area contributed by atoms with Crippen molar-refractivity contribution in [3.05, 3.63) is 211 Å². The smallest absolute Gasteiger partial charge is 0.0468 e. The van der Waals surface area contributed by atoms with Gasteiger partial charge in [-0.25, -0.2) is 0 Å². The molecule has 0 fully saturated rings. The number of anilines is 3. The predicted molar refractivity (Wildman–Crippen MR) is 207 cm³/mol. The van der Waals surface area contributed by atoms with Gasteiger partial charge in [0, 0.05) is 23.0 Å². The maximum Gasteiger partial charge on any atom is 0.0468 e. The Hall–Kier alpha value is -6.18. The summed E-state index contributed by atoms with van der Waals surface area (Å²) in [5.41, 5.74) is 15.0. The summed E-state index contributed by atoms with van der Waals surface area (Å²) in [4.78, 5) is 2.41. The molecule has 9 rings (SSSR count). The molecule has 0 aliphatic heterocycles. The molecule has 1 nitrogen and oxygen atoms in total. The molecule has 0 bridgehead atoms. The number of benzene rings is 8. The fraction of sp³-hybridized carbons (Fsp3) is 0.0417. The second kappa shape index (κ2) is 12.4. The van der Waals surface area contributed by atoms with E-state index < -0.39 is 0 Å². The Morgan fingerprint density at radius 3 is 1.63 bits per heavy atom. The predicted octanol–water partition coefficient (Wildman–Crippen LogP) is 13.0. The SMILES string of the molecule is c1ccc(-c2ccc(N(c3cccc(-c4ccccc4)c3)c3ccc4c(c3)-c3cc5ccccc5cc3CC4c3ccccc3)cc2)cc1. The van der Waals surface area contributed by atoms with Gasteiger partial charge in [-0.15, -0.1) is 0 Å². The molecule has 0 amide bonds. The Kier molecular flexibility index (Phi) is 7.37. The molecule has 1 aliphatic rings. The lowest BCUT2D eigenvalue weighted by molar-refractivity contribution is 0.795. The van der Waals surface area contributed by atoms with Crippen molar-refractivity contribution in [3.63, 3.8) is 0 Å². The van der Waals surface area contributed by atoms with E-state index in [1.807, 2.05) is 0 Å². The molecule has 8 aromatic carbocycles. The van der Waals surface area contributed by atoms with Crippen LogP contribution in [0.15, 0.2) is 194 Å². The monoisotopic (exact) mass is 625 g/mol. The Morgan fingerprint density at radius 1 is 0.367 bits per heavy atom. The van der Waals surface area contributed by atoms with Gasteiger partial charge in [-0.3, -0.25) is 0 Å². The van der Waals surface area contributed by atoms with Gasteiger partial charge in [0.25, 0.3) is 0 Å². The van der Waals surface area contributed by atoms with Gasteiger partial charge in [-0.1, -0.05) is 152 Å². The molecule has 232 valence electrons. The van der Waals surface area contributed by atoms with Crippen LogP contribution in [-0.2, 0) is 6.42 Å². The van der Waals surface area contributed by atoms with E-state index in [4.69, 9.17) is 0 Å². The van der Waals surface area contributed by atoms with Crippen LogP contribution in [0.3, 0.4) is 0 Å². The zero-order valence-corrected chi connectivity index (χ0v) is 27.2. The third-order valence-electron chi connectivity index (χ3n) is 10.0. The van der Waals surface area contributed by atoms with Gasteiger partial charge in [0.15, 0.2) is 0 Å². The molecule has 0 saturated heterocycles. The summed E-state index contributed by atoms with van der Waals surface area (Å²) in [5.74, 6) is 0.291. The van der Waals surface area contributed by atoms with Crippen LogP contribution in [0.25, 0.3) is 44.2 Å². The maximum atomic E-state index is 2.43. The standard InChI is InChI=1S/C48H35N/c1-4-13-34(14-5-1)36-23-25-42(26-24-36)49(43-22-12-21-39(30-43)35-15-6-2-7-16-35)44-27-28-45-46(37-17-8-3-9-18-37)32-41-29-38-19-10-11-20-40(38)31-47(41)48(45)33-44/h1-31,33,46H,32H2. The van der Waals surface area contributed by atoms with Gasteiger partial charge >= 0.3 is 0 Å². The van der Waals surface area contributed by atoms with Crippen molar-refractivity contribution in [2.45, 2.75) is 12.3 Å². The molecule has 1 aliphatic carbocycles. The highest BCUT2D eigenvalue weighted by molar-refractivity contribution is 5.92. The van der Waals surface area contributed by atoms with Crippen LogP contribution in [0.2, 0.25) is 0 Å². The van der Waals surface area contributed by atoms with E-state index in [9.17, 15) is 0 Å². The minimum atomic E-state index is 0.291. The van der Waals surface area contributed by atoms with Crippen molar-refractivity contribution >= 4 is 27.8 Å². The van der Waals surface area contributed by atoms with E-state index in [0.717, 1.165) is 23.5 Å². The van der Waals surface area contributed by atoms with E-state index in [-0.39, 0.29) is 0 Å². The highest BCUT2D eigenvalue weighted by Gasteiger charge is 2.28. The molecule has 1 atom stereocenters. The minimum Gasteiger partial charge on any atom is -0.310 e. The van der Waals surface area contributed by atoms with Crippen LogP contribution < -0.4 is 4.90 Å². The van der Waals surface area contributed by atoms with Gasteiger partial charge < -0.3 is 4.90 Å². The number of hydrogen-bond acceptors (Lipinski definition) is 1.